The monoisotopic (exact) mass is 984 g/mol. The van der Waals surface area contributed by atoms with Gasteiger partial charge in [-0.15, -0.1) is 0 Å². The highest BCUT2D eigenvalue weighted by Crippen LogP contribution is 2.46. The van der Waals surface area contributed by atoms with Gasteiger partial charge in [-0.2, -0.15) is 0 Å². The smallest absolute Gasteiger partial charge is 0.137 e. The van der Waals surface area contributed by atoms with Crippen LogP contribution in [0.4, 0.5) is 11.4 Å². The molecule has 0 aliphatic carbocycles. The molecule has 74 heavy (non-hydrogen) atoms. The maximum atomic E-state index is 9.34. The minimum atomic E-state index is -1.93. The summed E-state index contributed by atoms with van der Waals surface area (Å²) in [6, 6.07) is 64.8. The molecule has 0 N–H and O–H groups in total. The van der Waals surface area contributed by atoms with Crippen LogP contribution in [0.1, 0.15) is 79.3 Å². The first-order valence-electron chi connectivity index (χ1n) is 26.7. The first-order chi connectivity index (χ1) is 35.7. The summed E-state index contributed by atoms with van der Waals surface area (Å²) in [5.41, 5.74) is 12.3. The molecule has 0 fully saturated rings. The highest BCUT2D eigenvalue weighted by atomic mass is 28.3. The first-order valence-corrected chi connectivity index (χ1v) is 29.7. The van der Waals surface area contributed by atoms with Gasteiger partial charge in [0, 0.05) is 52.5 Å². The van der Waals surface area contributed by atoms with Gasteiger partial charge in [0.05, 0.1) is 35.8 Å². The third-order valence-electron chi connectivity index (χ3n) is 15.4. The highest BCUT2D eigenvalue weighted by Gasteiger charge is 2.29. The summed E-state index contributed by atoms with van der Waals surface area (Å²) in [5.74, 6) is 1.67. The van der Waals surface area contributed by atoms with E-state index in [1.807, 2.05) is 20.0 Å². The van der Waals surface area contributed by atoms with Crippen molar-refractivity contribution in [3.63, 3.8) is 0 Å². The quantitative estimate of drug-likeness (QED) is 0.149. The SMILES string of the molecule is [2H]C(C)(C)c1cc(-c2cccc3c4ccccc4c4ccccc4c4cccc5c4n(c23)CN5c2cc(Oc3ccc4c5ccccc5n(-c5cc(C(C)(C)C)ccn5)c4c3)cc([Si](C)(C)C)c2)cc(C(C)(C)C)c1. The molecule has 11 aromatic rings. The van der Waals surface area contributed by atoms with Gasteiger partial charge in [-0.05, 0) is 109 Å². The van der Waals surface area contributed by atoms with E-state index >= 15 is 0 Å². The molecule has 0 atom stereocenters. The van der Waals surface area contributed by atoms with Crippen molar-refractivity contribution in [2.45, 2.75) is 98.4 Å². The van der Waals surface area contributed by atoms with Gasteiger partial charge in [0.25, 0.3) is 0 Å². The Morgan fingerprint density at radius 3 is 1.81 bits per heavy atom. The predicted molar refractivity (Wildman–Crippen MR) is 319 cm³/mol. The number of rotatable bonds is 7. The van der Waals surface area contributed by atoms with Crippen LogP contribution in [0.2, 0.25) is 19.6 Å². The zero-order chi connectivity index (χ0) is 52.3. The molecule has 0 bridgehead atoms. The molecule has 368 valence electrons. The number of nitrogens with zero attached hydrogens (tertiary/aromatic N) is 4. The van der Waals surface area contributed by atoms with E-state index in [9.17, 15) is 1.37 Å². The summed E-state index contributed by atoms with van der Waals surface area (Å²) in [6.07, 6.45) is 1.93. The van der Waals surface area contributed by atoms with E-state index < -0.39 is 14.0 Å². The Labute approximate surface area is 438 Å². The first kappa shape index (κ1) is 46.1. The summed E-state index contributed by atoms with van der Waals surface area (Å²) in [4.78, 5) is 7.46. The van der Waals surface area contributed by atoms with Gasteiger partial charge in [-0.25, -0.2) is 4.98 Å². The van der Waals surface area contributed by atoms with Crippen molar-refractivity contribution >= 4 is 89.8 Å². The number of para-hydroxylation sites is 3. The molecule has 5 nitrogen and oxygen atoms in total. The number of hydrogen-bond donors (Lipinski definition) is 0. The zero-order valence-corrected chi connectivity index (χ0v) is 45.7. The van der Waals surface area contributed by atoms with Crippen LogP contribution in [0.15, 0.2) is 182 Å². The van der Waals surface area contributed by atoms with Gasteiger partial charge < -0.3 is 14.2 Å². The maximum Gasteiger partial charge on any atom is 0.137 e. The lowest BCUT2D eigenvalue weighted by Gasteiger charge is -2.25. The molecular weight excluding hydrogens is 917 g/mol. The van der Waals surface area contributed by atoms with E-state index in [4.69, 9.17) is 9.72 Å². The number of fused-ring (bicyclic) bond motifs is 10. The normalized spacial score (nSPS) is 13.4. The van der Waals surface area contributed by atoms with Gasteiger partial charge >= 0.3 is 0 Å². The average molecular weight is 984 g/mol. The van der Waals surface area contributed by atoms with Crippen LogP contribution in [0.25, 0.3) is 82.1 Å². The number of benzene rings is 8. The van der Waals surface area contributed by atoms with Gasteiger partial charge in [0.1, 0.15) is 24.0 Å². The number of pyridine rings is 1. The molecule has 1 aliphatic rings. The van der Waals surface area contributed by atoms with Gasteiger partial charge in [-0.1, -0.05) is 195 Å². The fraction of sp³-hybridized carbons (Fsp3) is 0.221. The van der Waals surface area contributed by atoms with Crippen LogP contribution in [0.5, 0.6) is 11.5 Å². The predicted octanol–water partition coefficient (Wildman–Crippen LogP) is 18.5. The number of ether oxygens (including phenoxy) is 1. The molecule has 6 heteroatoms. The zero-order valence-electron chi connectivity index (χ0n) is 45.7. The largest absolute Gasteiger partial charge is 0.457 e. The van der Waals surface area contributed by atoms with E-state index in [2.05, 4.69) is 251 Å². The van der Waals surface area contributed by atoms with Gasteiger partial charge in [0.2, 0.25) is 0 Å². The minimum Gasteiger partial charge on any atom is -0.457 e. The molecule has 0 unspecified atom stereocenters. The molecule has 0 saturated carbocycles. The van der Waals surface area contributed by atoms with Crippen LogP contribution in [0, 0.1) is 0 Å². The van der Waals surface area contributed by atoms with Crippen molar-refractivity contribution in [2.24, 2.45) is 0 Å². The molecule has 1 aliphatic heterocycles. The number of anilines is 2. The van der Waals surface area contributed by atoms with Crippen molar-refractivity contribution in [1.82, 2.24) is 14.1 Å². The minimum absolute atomic E-state index is 0.0305. The summed E-state index contributed by atoms with van der Waals surface area (Å²) in [6.45, 7) is 25.4. The van der Waals surface area contributed by atoms with Crippen molar-refractivity contribution < 1.29 is 6.11 Å². The third-order valence-corrected chi connectivity index (χ3v) is 17.4. The topological polar surface area (TPSA) is 35.2 Å². The highest BCUT2D eigenvalue weighted by molar-refractivity contribution is 6.88. The molecule has 0 spiro atoms. The van der Waals surface area contributed by atoms with Crippen LogP contribution in [-0.2, 0) is 17.5 Å². The maximum absolute atomic E-state index is 9.34. The summed E-state index contributed by atoms with van der Waals surface area (Å²) < 4.78 is 21.4. The second-order valence-corrected chi connectivity index (χ2v) is 28.8. The lowest BCUT2D eigenvalue weighted by atomic mass is 9.82. The molecule has 0 radical (unpaired) electrons. The lowest BCUT2D eigenvalue weighted by molar-refractivity contribution is 0.483. The van der Waals surface area contributed by atoms with E-state index in [0.29, 0.717) is 6.67 Å². The molecular formula is C68H66N4OSi. The van der Waals surface area contributed by atoms with Crippen LogP contribution < -0.4 is 14.8 Å². The molecule has 0 amide bonds. The Bertz CT molecular complexity index is 4160. The second-order valence-electron chi connectivity index (χ2n) is 23.8. The van der Waals surface area contributed by atoms with E-state index in [-0.39, 0.29) is 10.8 Å². The molecule has 4 heterocycles. The second kappa shape index (κ2) is 17.5. The molecule has 0 saturated heterocycles. The Morgan fingerprint density at radius 1 is 0.541 bits per heavy atom. The fourth-order valence-electron chi connectivity index (χ4n) is 11.3. The Hall–Kier alpha value is -7.67. The van der Waals surface area contributed by atoms with Crippen molar-refractivity contribution in [1.29, 1.82) is 0 Å². The van der Waals surface area contributed by atoms with E-state index in [1.54, 1.807) is 0 Å². The fourth-order valence-corrected chi connectivity index (χ4v) is 12.4. The molecule has 3 aromatic heterocycles. The summed E-state index contributed by atoms with van der Waals surface area (Å²) in [7, 11) is -1.93. The van der Waals surface area contributed by atoms with Crippen molar-refractivity contribution in [2.75, 3.05) is 4.90 Å². The van der Waals surface area contributed by atoms with E-state index in [0.717, 1.165) is 67.3 Å². The average Bonchev–Trinajstić information content (AvgIpc) is 3.94. The van der Waals surface area contributed by atoms with Crippen LogP contribution in [-0.4, -0.2) is 22.2 Å². The molecule has 12 rings (SSSR count). The third kappa shape index (κ3) is 8.11. The van der Waals surface area contributed by atoms with Gasteiger partial charge in [-0.3, -0.25) is 4.57 Å². The van der Waals surface area contributed by atoms with Crippen molar-refractivity contribution in [3.05, 3.63) is 199 Å². The Kier molecular flexibility index (Phi) is 10.9. The van der Waals surface area contributed by atoms with Crippen molar-refractivity contribution in [3.8, 4) is 28.4 Å². The summed E-state index contributed by atoms with van der Waals surface area (Å²) in [5, 5.41) is 10.8. The van der Waals surface area contributed by atoms with Gasteiger partial charge in [0.15, 0.2) is 0 Å². The summed E-state index contributed by atoms with van der Waals surface area (Å²) >= 11 is 0. The Balaban J connectivity index is 1.10. The molecule has 8 aromatic carbocycles. The van der Waals surface area contributed by atoms with Crippen LogP contribution in [0.3, 0.4) is 0 Å². The standard InChI is InChI=1S/C68H66N4OSi/c1-43(2)44-34-45(36-47(35-44)68(6,7)8)52-25-18-26-59-55-22-14-12-20-53(55)54-21-13-15-23-56(54)60-27-19-29-62-66(60)71(65(52)59)42-70(62)48-38-50(40-51(39-48)74(9,10)11)73-49-30-31-58-57-24-16-17-28-61(57)72(63(58)41-49)64-37-46(32-33-69-64)67(3,4)5/h12-41,43H,42H2,1-11H3/i43D. The number of aromatic nitrogens is 3. The lowest BCUT2D eigenvalue weighted by Crippen LogP contribution is -2.38. The number of hydrogen-bond acceptors (Lipinski definition) is 3. The Morgan fingerprint density at radius 2 is 1.15 bits per heavy atom. The van der Waals surface area contributed by atoms with Crippen LogP contribution >= 0.6 is 0 Å². The van der Waals surface area contributed by atoms with E-state index in [1.165, 1.54) is 59.5 Å².